The number of benzene rings is 3. The zero-order valence-corrected chi connectivity index (χ0v) is 22.7. The Morgan fingerprint density at radius 2 is 0.903 bits per heavy atom. The largest absolute Gasteiger partial charge is 1.00 e. The molecule has 1 aliphatic carbocycles. The van der Waals surface area contributed by atoms with E-state index in [4.69, 9.17) is 0 Å². The first-order valence-corrected chi connectivity index (χ1v) is 12.6. The van der Waals surface area contributed by atoms with Crippen molar-refractivity contribution in [1.29, 1.82) is 0 Å². The topological polar surface area (TPSA) is 0 Å². The fraction of sp³-hybridized carbons (Fsp3) is 0.154. The molecule has 0 N–H and O–H groups in total. The fourth-order valence-corrected chi connectivity index (χ4v) is 13.2. The van der Waals surface area contributed by atoms with Gasteiger partial charge in [-0.1, -0.05) is 0 Å². The van der Waals surface area contributed by atoms with Crippen molar-refractivity contribution in [3.05, 3.63) is 114 Å². The molecule has 4 rings (SSSR count). The molecule has 31 heavy (non-hydrogen) atoms. The van der Waals surface area contributed by atoms with Crippen LogP contribution in [-0.2, 0) is 20.4 Å². The van der Waals surface area contributed by atoms with Gasteiger partial charge in [0.05, 0.1) is 0 Å². The van der Waals surface area contributed by atoms with Gasteiger partial charge in [0.2, 0.25) is 0 Å². The zero-order valence-electron chi connectivity index (χ0n) is 17.9. The molecule has 0 saturated heterocycles. The van der Waals surface area contributed by atoms with Crippen LogP contribution in [0.25, 0.3) is 0 Å². The minimum atomic E-state index is -2.41. The molecule has 158 valence electrons. The average Bonchev–Trinajstić information content (AvgIpc) is 2.94. The molecule has 0 nitrogen and oxygen atoms in total. The summed E-state index contributed by atoms with van der Waals surface area (Å²) in [5.74, 6) is 0. The molecule has 5 heteroatoms. The minimum Gasteiger partial charge on any atom is -1.00 e. The molecule has 0 bridgehead atoms. The Balaban J connectivity index is 0.00000160. The van der Waals surface area contributed by atoms with Gasteiger partial charge in [-0.2, -0.15) is 0 Å². The van der Waals surface area contributed by atoms with Gasteiger partial charge < -0.3 is 37.2 Å². The molecule has 1 aliphatic rings. The Morgan fingerprint density at radius 1 is 0.581 bits per heavy atom. The molecule has 1 atom stereocenters. The second-order valence-electron chi connectivity index (χ2n) is 7.73. The zero-order chi connectivity index (χ0) is 19.8. The van der Waals surface area contributed by atoms with Crippen LogP contribution < -0.4 is 52.8 Å². The molecule has 0 aliphatic heterocycles. The van der Waals surface area contributed by atoms with Gasteiger partial charge in [0.25, 0.3) is 0 Å². The summed E-state index contributed by atoms with van der Waals surface area (Å²) in [6.45, 7) is 6.94. The Bertz CT molecular complexity index is 953. The van der Waals surface area contributed by atoms with Gasteiger partial charge >= 0.3 is 182 Å². The summed E-state index contributed by atoms with van der Waals surface area (Å²) >= 11 is 2.49. The van der Waals surface area contributed by atoms with E-state index in [1.165, 1.54) is 32.3 Å². The van der Waals surface area contributed by atoms with E-state index in [0.29, 0.717) is 0 Å². The van der Waals surface area contributed by atoms with Gasteiger partial charge in [-0.15, -0.1) is 0 Å². The first kappa shape index (κ1) is 28.0. The van der Waals surface area contributed by atoms with Crippen LogP contribution in [0.2, 0.25) is 3.34 Å². The van der Waals surface area contributed by atoms with E-state index in [1.807, 2.05) is 0 Å². The summed E-state index contributed by atoms with van der Waals surface area (Å²) in [6, 6.07) is 33.7. The number of allylic oxidation sites excluding steroid dienone is 4. The molecule has 0 radical (unpaired) electrons. The SMILES string of the molecule is CC1=CC(C)=C(C)[C]1([Ti+3])[Si](c1ccccc1)(c1ccccc1)c1ccccc1.[Cl-].[Cl-].[Cl-]. The van der Waals surface area contributed by atoms with Crippen LogP contribution in [0.1, 0.15) is 20.8 Å². The van der Waals surface area contributed by atoms with Crippen molar-refractivity contribution in [2.24, 2.45) is 0 Å². The Morgan fingerprint density at radius 3 is 1.16 bits per heavy atom. The van der Waals surface area contributed by atoms with Gasteiger partial charge in [0.15, 0.2) is 0 Å². The molecule has 0 saturated carbocycles. The summed E-state index contributed by atoms with van der Waals surface area (Å²) < 4.78 is -0.0128. The van der Waals surface area contributed by atoms with Crippen LogP contribution in [0.3, 0.4) is 0 Å². The standard InChI is InChI=1S/C26H25Si.3ClH.Ti/c1-20-19-21(2)26(22(20)3)27(23-13-7-4-8-14-23,24-15-9-5-10-16-24)25-17-11-6-12-18-25;;;;/h4-19H,1-3H3;3*1H;/q;;;;+3/p-3. The van der Waals surface area contributed by atoms with Gasteiger partial charge in [-0.3, -0.25) is 0 Å². The van der Waals surface area contributed by atoms with E-state index in [-0.39, 0.29) is 40.6 Å². The molecule has 0 fully saturated rings. The van der Waals surface area contributed by atoms with Gasteiger partial charge in [0.1, 0.15) is 0 Å². The Hall–Kier alpha value is -1.06. The van der Waals surface area contributed by atoms with Gasteiger partial charge in [0, 0.05) is 0 Å². The summed E-state index contributed by atoms with van der Waals surface area (Å²) in [7, 11) is -2.41. The van der Waals surface area contributed by atoms with Crippen molar-refractivity contribution in [3.8, 4) is 0 Å². The third-order valence-corrected chi connectivity index (χ3v) is 14.8. The second kappa shape index (κ2) is 11.2. The van der Waals surface area contributed by atoms with E-state index in [1.54, 1.807) is 0 Å². The Kier molecular flexibility index (Phi) is 10.1. The van der Waals surface area contributed by atoms with Crippen molar-refractivity contribution in [2.45, 2.75) is 24.1 Å². The normalized spacial score (nSPS) is 17.8. The van der Waals surface area contributed by atoms with Crippen molar-refractivity contribution in [1.82, 2.24) is 0 Å². The second-order valence-corrected chi connectivity index (χ2v) is 13.7. The van der Waals surface area contributed by atoms with E-state index < -0.39 is 8.07 Å². The smallest absolute Gasteiger partial charge is 1.00 e. The molecule has 0 spiro atoms. The van der Waals surface area contributed by atoms with Crippen LogP contribution in [0.15, 0.2) is 114 Å². The maximum absolute atomic E-state index is 2.49. The van der Waals surface area contributed by atoms with Crippen molar-refractivity contribution >= 4 is 23.6 Å². The third kappa shape index (κ3) is 4.29. The molecule has 0 amide bonds. The molecule has 0 aromatic heterocycles. The summed E-state index contributed by atoms with van der Waals surface area (Å²) in [5, 5.41) is 4.41. The number of rotatable bonds is 4. The quantitative estimate of drug-likeness (QED) is 0.242. The van der Waals surface area contributed by atoms with Crippen LogP contribution in [0.4, 0.5) is 0 Å². The maximum Gasteiger partial charge on any atom is -1.00 e. The van der Waals surface area contributed by atoms with Crippen molar-refractivity contribution in [3.63, 3.8) is 0 Å². The van der Waals surface area contributed by atoms with Crippen LogP contribution >= 0.6 is 0 Å². The van der Waals surface area contributed by atoms with E-state index in [2.05, 4.69) is 138 Å². The van der Waals surface area contributed by atoms with Gasteiger partial charge in [-0.05, 0) is 0 Å². The van der Waals surface area contributed by atoms with Crippen LogP contribution in [0, 0.1) is 0 Å². The molecular weight excluding hydrogens is 495 g/mol. The fourth-order valence-electron chi connectivity index (χ4n) is 4.92. The molecule has 0 heterocycles. The number of hydrogen-bond acceptors (Lipinski definition) is 0. The summed E-state index contributed by atoms with van der Waals surface area (Å²) in [5.41, 5.74) is 4.40. The van der Waals surface area contributed by atoms with E-state index >= 15 is 0 Å². The average molecular weight is 520 g/mol. The van der Waals surface area contributed by atoms with Crippen LogP contribution in [0.5, 0.6) is 0 Å². The first-order valence-electron chi connectivity index (χ1n) is 9.81. The maximum atomic E-state index is 2.49. The summed E-state index contributed by atoms with van der Waals surface area (Å²) in [6.07, 6.45) is 2.41. The minimum absolute atomic E-state index is 0. The van der Waals surface area contributed by atoms with Crippen molar-refractivity contribution < 1.29 is 57.7 Å². The van der Waals surface area contributed by atoms with E-state index in [9.17, 15) is 0 Å². The Labute approximate surface area is 217 Å². The predicted molar refractivity (Wildman–Crippen MR) is 119 cm³/mol. The summed E-state index contributed by atoms with van der Waals surface area (Å²) in [4.78, 5) is 0. The molecule has 3 aromatic carbocycles. The number of halogens is 3. The van der Waals surface area contributed by atoms with E-state index in [0.717, 1.165) is 0 Å². The van der Waals surface area contributed by atoms with Crippen LogP contribution in [-0.4, -0.2) is 8.07 Å². The third-order valence-electron chi connectivity index (χ3n) is 6.36. The van der Waals surface area contributed by atoms with Crippen molar-refractivity contribution in [2.75, 3.05) is 0 Å². The first-order chi connectivity index (χ1) is 13.5. The molecule has 3 aromatic rings. The predicted octanol–water partition coefficient (Wildman–Crippen LogP) is -4.29. The molecule has 1 unspecified atom stereocenters. The monoisotopic (exact) mass is 518 g/mol. The molecular formula is C26H25Cl3SiTi. The van der Waals surface area contributed by atoms with Gasteiger partial charge in [-0.25, -0.2) is 0 Å². The number of hydrogen-bond donors (Lipinski definition) is 0.